The summed E-state index contributed by atoms with van der Waals surface area (Å²) in [6.07, 6.45) is -0.757. The van der Waals surface area contributed by atoms with E-state index < -0.39 is 12.1 Å². The lowest BCUT2D eigenvalue weighted by molar-refractivity contribution is -0.154. The molecule has 0 aliphatic heterocycles. The Bertz CT molecular complexity index is 970. The second kappa shape index (κ2) is 8.69. The van der Waals surface area contributed by atoms with Crippen molar-refractivity contribution in [2.24, 2.45) is 0 Å². The first-order chi connectivity index (χ1) is 13.0. The van der Waals surface area contributed by atoms with Gasteiger partial charge in [-0.05, 0) is 34.9 Å². The normalized spacial score (nSPS) is 11.8. The Morgan fingerprint density at radius 3 is 2.48 bits per heavy atom. The molecule has 3 rings (SSSR count). The van der Waals surface area contributed by atoms with Crippen molar-refractivity contribution in [3.8, 4) is 0 Å². The Hall–Kier alpha value is -2.85. The van der Waals surface area contributed by atoms with Crippen molar-refractivity contribution in [2.75, 3.05) is 0 Å². The van der Waals surface area contributed by atoms with Crippen LogP contribution in [0.5, 0.6) is 0 Å². The van der Waals surface area contributed by atoms with Gasteiger partial charge in [0.1, 0.15) is 0 Å². The van der Waals surface area contributed by atoms with Gasteiger partial charge in [-0.15, -0.1) is 0 Å². The van der Waals surface area contributed by atoms with Crippen LogP contribution in [0, 0.1) is 0 Å². The molecule has 0 saturated carbocycles. The SMILES string of the molecule is C[C@@H](OC(=O)Cc1ccc2ccccc2c1)C(=O)NCc1ccccc1Cl. The number of carbonyl (C=O) groups is 2. The summed E-state index contributed by atoms with van der Waals surface area (Å²) in [6, 6.07) is 21.0. The zero-order valence-electron chi connectivity index (χ0n) is 14.9. The average Bonchev–Trinajstić information content (AvgIpc) is 2.67. The monoisotopic (exact) mass is 381 g/mol. The molecule has 0 bridgehead atoms. The van der Waals surface area contributed by atoms with E-state index in [1.54, 1.807) is 13.0 Å². The van der Waals surface area contributed by atoms with Gasteiger partial charge in [0.05, 0.1) is 6.42 Å². The van der Waals surface area contributed by atoms with Gasteiger partial charge in [0.25, 0.3) is 5.91 Å². The van der Waals surface area contributed by atoms with E-state index in [1.807, 2.05) is 60.7 Å². The Kier molecular flexibility index (Phi) is 6.09. The number of ether oxygens (including phenoxy) is 1. The predicted octanol–water partition coefficient (Wildman–Crippen LogP) is 4.28. The minimum Gasteiger partial charge on any atom is -0.452 e. The zero-order chi connectivity index (χ0) is 19.2. The van der Waals surface area contributed by atoms with E-state index in [1.165, 1.54) is 0 Å². The van der Waals surface area contributed by atoms with Crippen LogP contribution in [0.2, 0.25) is 5.02 Å². The molecule has 3 aromatic rings. The number of carbonyl (C=O) groups excluding carboxylic acids is 2. The number of nitrogens with one attached hydrogen (secondary N) is 1. The van der Waals surface area contributed by atoms with E-state index in [0.29, 0.717) is 5.02 Å². The van der Waals surface area contributed by atoms with Crippen molar-refractivity contribution in [1.29, 1.82) is 0 Å². The first kappa shape index (κ1) is 18.9. The third kappa shape index (κ3) is 5.08. The maximum absolute atomic E-state index is 12.2. The van der Waals surface area contributed by atoms with Gasteiger partial charge in [-0.1, -0.05) is 72.3 Å². The number of amides is 1. The summed E-state index contributed by atoms with van der Waals surface area (Å²) in [7, 11) is 0. The molecular weight excluding hydrogens is 362 g/mol. The van der Waals surface area contributed by atoms with E-state index >= 15 is 0 Å². The molecule has 3 aromatic carbocycles. The summed E-state index contributed by atoms with van der Waals surface area (Å²) < 4.78 is 5.26. The molecule has 0 radical (unpaired) electrons. The highest BCUT2D eigenvalue weighted by molar-refractivity contribution is 6.31. The van der Waals surface area contributed by atoms with E-state index in [2.05, 4.69) is 5.32 Å². The third-order valence-electron chi connectivity index (χ3n) is 4.25. The fraction of sp³-hybridized carbons (Fsp3) is 0.182. The summed E-state index contributed by atoms with van der Waals surface area (Å²) in [4.78, 5) is 24.3. The van der Waals surface area contributed by atoms with Crippen LogP contribution in [0.25, 0.3) is 10.8 Å². The summed E-state index contributed by atoms with van der Waals surface area (Å²) in [5.74, 6) is -0.799. The molecule has 0 saturated heterocycles. The molecule has 138 valence electrons. The van der Waals surface area contributed by atoms with Crippen molar-refractivity contribution < 1.29 is 14.3 Å². The highest BCUT2D eigenvalue weighted by atomic mass is 35.5. The fourth-order valence-corrected chi connectivity index (χ4v) is 2.98. The van der Waals surface area contributed by atoms with Crippen LogP contribution in [-0.4, -0.2) is 18.0 Å². The number of halogens is 1. The maximum atomic E-state index is 12.2. The minimum atomic E-state index is -0.875. The molecule has 1 atom stereocenters. The number of rotatable bonds is 6. The van der Waals surface area contributed by atoms with Crippen LogP contribution in [0.4, 0.5) is 0 Å². The molecule has 5 heteroatoms. The minimum absolute atomic E-state index is 0.118. The Balaban J connectivity index is 1.53. The van der Waals surface area contributed by atoms with E-state index in [4.69, 9.17) is 16.3 Å². The Morgan fingerprint density at radius 2 is 1.70 bits per heavy atom. The molecule has 0 unspecified atom stereocenters. The van der Waals surface area contributed by atoms with Gasteiger partial charge in [0.15, 0.2) is 6.10 Å². The Labute approximate surface area is 163 Å². The van der Waals surface area contributed by atoms with E-state index in [0.717, 1.165) is 21.9 Å². The van der Waals surface area contributed by atoms with Gasteiger partial charge in [-0.2, -0.15) is 0 Å². The van der Waals surface area contributed by atoms with Crippen molar-refractivity contribution in [3.63, 3.8) is 0 Å². The second-order valence-corrected chi connectivity index (χ2v) is 6.71. The van der Waals surface area contributed by atoms with Crippen LogP contribution < -0.4 is 5.32 Å². The molecule has 0 fully saturated rings. The lowest BCUT2D eigenvalue weighted by atomic mass is 10.1. The highest BCUT2D eigenvalue weighted by Gasteiger charge is 2.18. The average molecular weight is 382 g/mol. The van der Waals surface area contributed by atoms with Gasteiger partial charge in [-0.3, -0.25) is 9.59 Å². The topological polar surface area (TPSA) is 55.4 Å². The molecule has 0 aromatic heterocycles. The van der Waals surface area contributed by atoms with Gasteiger partial charge < -0.3 is 10.1 Å². The number of esters is 1. The summed E-state index contributed by atoms with van der Waals surface area (Å²) in [5, 5.41) is 5.49. The van der Waals surface area contributed by atoms with Gasteiger partial charge in [-0.25, -0.2) is 0 Å². The smallest absolute Gasteiger partial charge is 0.311 e. The lowest BCUT2D eigenvalue weighted by Gasteiger charge is -2.14. The van der Waals surface area contributed by atoms with Crippen molar-refractivity contribution in [2.45, 2.75) is 26.0 Å². The fourth-order valence-electron chi connectivity index (χ4n) is 2.78. The van der Waals surface area contributed by atoms with Crippen LogP contribution in [0.15, 0.2) is 66.7 Å². The molecule has 0 heterocycles. The highest BCUT2D eigenvalue weighted by Crippen LogP contribution is 2.17. The lowest BCUT2D eigenvalue weighted by Crippen LogP contribution is -2.35. The van der Waals surface area contributed by atoms with Crippen LogP contribution in [-0.2, 0) is 27.3 Å². The molecule has 4 nitrogen and oxygen atoms in total. The standard InChI is InChI=1S/C22H20ClNO3/c1-15(22(26)24-14-19-8-4-5-9-20(19)23)27-21(25)13-16-10-11-17-6-2-3-7-18(17)12-16/h2-12,15H,13-14H2,1H3,(H,24,26)/t15-/m1/s1. The number of fused-ring (bicyclic) bond motifs is 1. The van der Waals surface area contributed by atoms with E-state index in [-0.39, 0.29) is 18.9 Å². The van der Waals surface area contributed by atoms with Crippen LogP contribution in [0.3, 0.4) is 0 Å². The van der Waals surface area contributed by atoms with Crippen LogP contribution >= 0.6 is 11.6 Å². The third-order valence-corrected chi connectivity index (χ3v) is 4.62. The number of hydrogen-bond acceptors (Lipinski definition) is 3. The van der Waals surface area contributed by atoms with Gasteiger partial charge in [0, 0.05) is 11.6 Å². The molecular formula is C22H20ClNO3. The number of hydrogen-bond donors (Lipinski definition) is 1. The van der Waals surface area contributed by atoms with Crippen molar-refractivity contribution >= 4 is 34.2 Å². The number of benzene rings is 3. The summed E-state index contributed by atoms with van der Waals surface area (Å²) >= 11 is 6.07. The summed E-state index contributed by atoms with van der Waals surface area (Å²) in [6.45, 7) is 1.84. The van der Waals surface area contributed by atoms with Crippen molar-refractivity contribution in [3.05, 3.63) is 82.9 Å². The van der Waals surface area contributed by atoms with Crippen molar-refractivity contribution in [1.82, 2.24) is 5.32 Å². The Morgan fingerprint density at radius 1 is 1.00 bits per heavy atom. The molecule has 0 spiro atoms. The molecule has 0 aliphatic rings. The first-order valence-corrected chi connectivity index (χ1v) is 9.09. The maximum Gasteiger partial charge on any atom is 0.311 e. The summed E-state index contributed by atoms with van der Waals surface area (Å²) in [5.41, 5.74) is 1.66. The largest absolute Gasteiger partial charge is 0.452 e. The quantitative estimate of drug-likeness (QED) is 0.648. The first-order valence-electron chi connectivity index (χ1n) is 8.71. The zero-order valence-corrected chi connectivity index (χ0v) is 15.7. The molecule has 27 heavy (non-hydrogen) atoms. The van der Waals surface area contributed by atoms with Gasteiger partial charge in [0.2, 0.25) is 0 Å². The van der Waals surface area contributed by atoms with Gasteiger partial charge >= 0.3 is 5.97 Å². The molecule has 1 amide bonds. The van der Waals surface area contributed by atoms with E-state index in [9.17, 15) is 9.59 Å². The molecule has 1 N–H and O–H groups in total. The molecule has 0 aliphatic carbocycles. The second-order valence-electron chi connectivity index (χ2n) is 6.30. The predicted molar refractivity (Wildman–Crippen MR) is 107 cm³/mol. The van der Waals surface area contributed by atoms with Crippen LogP contribution in [0.1, 0.15) is 18.1 Å².